The monoisotopic (exact) mass is 201 g/mol. The zero-order valence-electron chi connectivity index (χ0n) is 8.88. The van der Waals surface area contributed by atoms with Crippen molar-refractivity contribution >= 4 is 6.09 Å². The predicted molar refractivity (Wildman–Crippen MR) is 53.0 cm³/mol. The van der Waals surface area contributed by atoms with Crippen molar-refractivity contribution in [2.75, 3.05) is 6.54 Å². The van der Waals surface area contributed by atoms with Crippen molar-refractivity contribution in [2.24, 2.45) is 0 Å². The Morgan fingerprint density at radius 3 is 2.57 bits per heavy atom. The smallest absolute Gasteiger partial charge is 0.407 e. The number of hydrogen-bond acceptors (Lipinski definition) is 3. The number of carbonyl (C=O) groups excluding carboxylic acids is 1. The topological polar surface area (TPSA) is 58.6 Å². The third-order valence-corrected chi connectivity index (χ3v) is 2.44. The van der Waals surface area contributed by atoms with Crippen LogP contribution in [-0.4, -0.2) is 29.4 Å². The normalized spacial score (nSPS) is 19.7. The Hall–Kier alpha value is -0.770. The van der Waals surface area contributed by atoms with Gasteiger partial charge in [-0.25, -0.2) is 4.79 Å². The molecule has 82 valence electrons. The molecule has 1 saturated carbocycles. The van der Waals surface area contributed by atoms with Gasteiger partial charge in [0.2, 0.25) is 0 Å². The van der Waals surface area contributed by atoms with E-state index in [1.165, 1.54) is 0 Å². The molecule has 0 radical (unpaired) electrons. The minimum absolute atomic E-state index is 0.117. The molecule has 14 heavy (non-hydrogen) atoms. The maximum Gasteiger partial charge on any atom is 0.407 e. The van der Waals surface area contributed by atoms with E-state index in [4.69, 9.17) is 4.74 Å². The highest BCUT2D eigenvalue weighted by molar-refractivity contribution is 5.67. The molecule has 1 rings (SSSR count). The Morgan fingerprint density at radius 2 is 2.07 bits per heavy atom. The first-order valence-electron chi connectivity index (χ1n) is 5.19. The van der Waals surface area contributed by atoms with Crippen LogP contribution in [-0.2, 0) is 4.74 Å². The number of hydrogen-bond donors (Lipinski definition) is 2. The van der Waals surface area contributed by atoms with Gasteiger partial charge in [0.15, 0.2) is 0 Å². The Balaban J connectivity index is 2.22. The molecule has 4 heteroatoms. The fourth-order valence-electron chi connectivity index (χ4n) is 1.70. The average Bonchev–Trinajstić information content (AvgIpc) is 2.49. The van der Waals surface area contributed by atoms with Crippen LogP contribution in [0.15, 0.2) is 0 Å². The molecule has 1 aliphatic rings. The first-order chi connectivity index (χ1) is 6.52. The average molecular weight is 201 g/mol. The molecule has 2 N–H and O–H groups in total. The zero-order chi connectivity index (χ0) is 10.6. The summed E-state index contributed by atoms with van der Waals surface area (Å²) in [5, 5.41) is 12.5. The van der Waals surface area contributed by atoms with Crippen molar-refractivity contribution < 1.29 is 14.6 Å². The molecule has 1 aliphatic carbocycles. The van der Waals surface area contributed by atoms with Crippen LogP contribution >= 0.6 is 0 Å². The third-order valence-electron chi connectivity index (χ3n) is 2.44. The Bertz CT molecular complexity index is 198. The van der Waals surface area contributed by atoms with E-state index in [0.717, 1.165) is 25.7 Å². The second kappa shape index (κ2) is 4.64. The summed E-state index contributed by atoms with van der Waals surface area (Å²) in [5.41, 5.74) is -0.698. The Kier molecular flexibility index (Phi) is 3.75. The minimum atomic E-state index is -0.698. The lowest BCUT2D eigenvalue weighted by Gasteiger charge is -2.22. The third kappa shape index (κ3) is 3.54. The Morgan fingerprint density at radius 1 is 1.50 bits per heavy atom. The summed E-state index contributed by atoms with van der Waals surface area (Å²) in [5.74, 6) is 0. The predicted octanol–water partition coefficient (Wildman–Crippen LogP) is 1.43. The van der Waals surface area contributed by atoms with Gasteiger partial charge in [-0.1, -0.05) is 12.8 Å². The van der Waals surface area contributed by atoms with Crippen LogP contribution in [0.1, 0.15) is 39.5 Å². The lowest BCUT2D eigenvalue weighted by atomic mass is 10.0. The quantitative estimate of drug-likeness (QED) is 0.726. The summed E-state index contributed by atoms with van der Waals surface area (Å²) in [6.07, 6.45) is 3.06. The second-order valence-electron chi connectivity index (χ2n) is 4.24. The highest BCUT2D eigenvalue weighted by Crippen LogP contribution is 2.28. The second-order valence-corrected chi connectivity index (χ2v) is 4.24. The summed E-state index contributed by atoms with van der Waals surface area (Å²) in [4.78, 5) is 11.1. The highest BCUT2D eigenvalue weighted by Gasteiger charge is 2.31. The number of carbonyl (C=O) groups is 1. The van der Waals surface area contributed by atoms with Crippen molar-refractivity contribution in [1.82, 2.24) is 5.32 Å². The van der Waals surface area contributed by atoms with Crippen molar-refractivity contribution in [2.45, 2.75) is 51.2 Å². The van der Waals surface area contributed by atoms with Crippen molar-refractivity contribution in [1.29, 1.82) is 0 Å². The number of alkyl carbamates (subject to hydrolysis) is 1. The highest BCUT2D eigenvalue weighted by atomic mass is 16.6. The van der Waals surface area contributed by atoms with Gasteiger partial charge in [-0.15, -0.1) is 0 Å². The number of rotatable bonds is 3. The van der Waals surface area contributed by atoms with Gasteiger partial charge in [0, 0.05) is 6.54 Å². The van der Waals surface area contributed by atoms with Gasteiger partial charge in [-0.3, -0.25) is 0 Å². The van der Waals surface area contributed by atoms with Gasteiger partial charge in [-0.05, 0) is 26.7 Å². The van der Waals surface area contributed by atoms with Crippen LogP contribution in [0.25, 0.3) is 0 Å². The molecule has 1 amide bonds. The van der Waals surface area contributed by atoms with E-state index in [0.29, 0.717) is 6.54 Å². The van der Waals surface area contributed by atoms with Crippen molar-refractivity contribution in [3.8, 4) is 0 Å². The molecule has 0 heterocycles. The molecular formula is C10H19NO3. The maximum atomic E-state index is 11.1. The van der Waals surface area contributed by atoms with E-state index < -0.39 is 11.7 Å². The van der Waals surface area contributed by atoms with E-state index in [2.05, 4.69) is 5.32 Å². The first-order valence-corrected chi connectivity index (χ1v) is 5.19. The van der Waals surface area contributed by atoms with Crippen LogP contribution in [0.2, 0.25) is 0 Å². The lowest BCUT2D eigenvalue weighted by Crippen LogP contribution is -2.41. The molecule has 0 spiro atoms. The molecule has 0 aromatic carbocycles. The van der Waals surface area contributed by atoms with E-state index in [1.54, 1.807) is 13.8 Å². The molecule has 0 atom stereocenters. The summed E-state index contributed by atoms with van der Waals surface area (Å²) in [6, 6.07) is 0. The number of aliphatic hydroxyl groups is 1. The summed E-state index contributed by atoms with van der Waals surface area (Å²) in [7, 11) is 0. The van der Waals surface area contributed by atoms with E-state index in [1.807, 2.05) is 0 Å². The molecule has 4 nitrogen and oxygen atoms in total. The van der Waals surface area contributed by atoms with Crippen LogP contribution in [0.5, 0.6) is 0 Å². The van der Waals surface area contributed by atoms with E-state index in [-0.39, 0.29) is 6.10 Å². The SMILES string of the molecule is CC(C)OC(=O)NCC1(O)CCCC1. The van der Waals surface area contributed by atoms with Crippen molar-refractivity contribution in [3.05, 3.63) is 0 Å². The molecule has 0 unspecified atom stereocenters. The molecule has 0 aromatic rings. The fourth-order valence-corrected chi connectivity index (χ4v) is 1.70. The molecular weight excluding hydrogens is 182 g/mol. The van der Waals surface area contributed by atoms with Crippen molar-refractivity contribution in [3.63, 3.8) is 0 Å². The van der Waals surface area contributed by atoms with Gasteiger partial charge in [0.25, 0.3) is 0 Å². The van der Waals surface area contributed by atoms with Crippen LogP contribution in [0.3, 0.4) is 0 Å². The van der Waals surface area contributed by atoms with Crippen LogP contribution in [0.4, 0.5) is 4.79 Å². The molecule has 0 aliphatic heterocycles. The molecule has 1 fully saturated rings. The first kappa shape index (κ1) is 11.3. The number of nitrogens with one attached hydrogen (secondary N) is 1. The van der Waals surface area contributed by atoms with Crippen LogP contribution in [0, 0.1) is 0 Å². The molecule has 0 bridgehead atoms. The van der Waals surface area contributed by atoms with Gasteiger partial charge >= 0.3 is 6.09 Å². The van der Waals surface area contributed by atoms with Gasteiger partial charge in [0.1, 0.15) is 0 Å². The van der Waals surface area contributed by atoms with E-state index in [9.17, 15) is 9.90 Å². The molecule has 0 aromatic heterocycles. The van der Waals surface area contributed by atoms with Gasteiger partial charge in [0.05, 0.1) is 11.7 Å². The maximum absolute atomic E-state index is 11.1. The van der Waals surface area contributed by atoms with Crippen LogP contribution < -0.4 is 5.32 Å². The summed E-state index contributed by atoms with van der Waals surface area (Å²) in [6.45, 7) is 3.90. The fraction of sp³-hybridized carbons (Fsp3) is 0.900. The summed E-state index contributed by atoms with van der Waals surface area (Å²) < 4.78 is 4.89. The summed E-state index contributed by atoms with van der Waals surface area (Å²) >= 11 is 0. The lowest BCUT2D eigenvalue weighted by molar-refractivity contribution is 0.0425. The Labute approximate surface area is 84.6 Å². The number of ether oxygens (including phenoxy) is 1. The molecule has 0 saturated heterocycles. The largest absolute Gasteiger partial charge is 0.447 e. The van der Waals surface area contributed by atoms with Gasteiger partial charge in [-0.2, -0.15) is 0 Å². The van der Waals surface area contributed by atoms with E-state index >= 15 is 0 Å². The standard InChI is InChI=1S/C10H19NO3/c1-8(2)14-9(12)11-7-10(13)5-3-4-6-10/h8,13H,3-7H2,1-2H3,(H,11,12). The minimum Gasteiger partial charge on any atom is -0.447 e. The zero-order valence-corrected chi connectivity index (χ0v) is 8.88. The van der Waals surface area contributed by atoms with Gasteiger partial charge < -0.3 is 15.2 Å². The number of amides is 1.